The number of carbonyl (C=O) groups is 1. The molecule has 0 heterocycles. The minimum absolute atomic E-state index is 0.294. The summed E-state index contributed by atoms with van der Waals surface area (Å²) in [5.74, 6) is 5.83. The molecule has 3 heteroatoms. The number of carboxylic acid groups (broad SMARTS) is 1. The number of carboxylic acids is 1. The molecule has 3 nitrogen and oxygen atoms in total. The minimum atomic E-state index is -0.667. The van der Waals surface area contributed by atoms with Crippen molar-refractivity contribution in [1.29, 1.82) is 0 Å². The molecule has 0 aromatic carbocycles. The topological polar surface area (TPSA) is 49.3 Å². The molecule has 2 N–H and O–H groups in total. The number of fused-ring (bicyclic) bond motifs is 5. The number of aliphatic carboxylic acids is 1. The lowest BCUT2D eigenvalue weighted by molar-refractivity contribution is -0.137. The third kappa shape index (κ3) is 5.25. The van der Waals surface area contributed by atoms with Gasteiger partial charge in [-0.05, 0) is 123 Å². The zero-order chi connectivity index (χ0) is 24.5. The summed E-state index contributed by atoms with van der Waals surface area (Å²) in [6.45, 7) is 13.6. The van der Waals surface area contributed by atoms with Crippen LogP contribution >= 0.6 is 0 Å². The van der Waals surface area contributed by atoms with Gasteiger partial charge in [-0.1, -0.05) is 53.9 Å². The van der Waals surface area contributed by atoms with Crippen LogP contribution in [-0.4, -0.2) is 23.7 Å². The lowest BCUT2D eigenvalue weighted by atomic mass is 9.44. The smallest absolute Gasteiger partial charge is 0.303 e. The van der Waals surface area contributed by atoms with Crippen molar-refractivity contribution in [3.05, 3.63) is 0 Å². The summed E-state index contributed by atoms with van der Waals surface area (Å²) in [5, 5.41) is 12.6. The largest absolute Gasteiger partial charge is 0.481 e. The first-order chi connectivity index (χ1) is 16.1. The van der Waals surface area contributed by atoms with E-state index in [-0.39, 0.29) is 0 Å². The van der Waals surface area contributed by atoms with Gasteiger partial charge in [-0.15, -0.1) is 0 Å². The summed E-state index contributed by atoms with van der Waals surface area (Å²) < 4.78 is 0. The first kappa shape index (κ1) is 26.5. The molecule has 34 heavy (non-hydrogen) atoms. The highest BCUT2D eigenvalue weighted by atomic mass is 16.4. The van der Waals surface area contributed by atoms with Crippen LogP contribution in [0.1, 0.15) is 125 Å². The van der Waals surface area contributed by atoms with E-state index in [4.69, 9.17) is 5.11 Å². The number of rotatable bonds is 10. The lowest BCUT2D eigenvalue weighted by Gasteiger charge is -2.61. The molecule has 4 fully saturated rings. The standard InChI is InChI=1S/C31H55NO2/c1-21(2)8-6-9-22(3)26-13-14-27-25-12-11-23-20-24(32-19-7-10-29(33)34)15-17-30(23,4)28(25)16-18-31(26,27)5/h21-28,32H,6-20H2,1-5H3,(H,33,34)/t22-,23+,24?,25+,26-,27+,28+,30+,31-/m1/s1. The highest BCUT2D eigenvalue weighted by Gasteiger charge is 2.60. The molecule has 0 aromatic heterocycles. The number of hydrogen-bond donors (Lipinski definition) is 2. The first-order valence-electron chi connectivity index (χ1n) is 15.1. The third-order valence-corrected chi connectivity index (χ3v) is 11.9. The van der Waals surface area contributed by atoms with Crippen LogP contribution in [0.3, 0.4) is 0 Å². The number of nitrogens with one attached hydrogen (secondary N) is 1. The fourth-order valence-corrected chi connectivity index (χ4v) is 10.0. The van der Waals surface area contributed by atoms with Gasteiger partial charge in [0.25, 0.3) is 0 Å². The van der Waals surface area contributed by atoms with Crippen LogP contribution in [0.4, 0.5) is 0 Å². The third-order valence-electron chi connectivity index (χ3n) is 11.9. The van der Waals surface area contributed by atoms with Gasteiger partial charge >= 0.3 is 5.97 Å². The van der Waals surface area contributed by atoms with E-state index in [1.807, 2.05) is 0 Å². The first-order valence-corrected chi connectivity index (χ1v) is 15.1. The predicted octanol–water partition coefficient (Wildman–Crippen LogP) is 7.93. The second kappa shape index (κ2) is 10.8. The Hall–Kier alpha value is -0.570. The molecule has 9 atom stereocenters. The van der Waals surface area contributed by atoms with Gasteiger partial charge in [0.2, 0.25) is 0 Å². The van der Waals surface area contributed by atoms with Crippen LogP contribution in [0.5, 0.6) is 0 Å². The van der Waals surface area contributed by atoms with Crippen LogP contribution in [0.2, 0.25) is 0 Å². The summed E-state index contributed by atoms with van der Waals surface area (Å²) in [6, 6.07) is 0.611. The molecule has 0 aromatic rings. The van der Waals surface area contributed by atoms with Gasteiger partial charge in [-0.2, -0.15) is 0 Å². The molecular weight excluding hydrogens is 418 g/mol. The summed E-state index contributed by atoms with van der Waals surface area (Å²) in [5.41, 5.74) is 1.15. The molecule has 4 saturated carbocycles. The van der Waals surface area contributed by atoms with Crippen molar-refractivity contribution in [3.8, 4) is 0 Å². The highest BCUT2D eigenvalue weighted by molar-refractivity contribution is 5.66. The Morgan fingerprint density at radius 2 is 1.65 bits per heavy atom. The molecule has 1 unspecified atom stereocenters. The SMILES string of the molecule is CC(C)CCC[C@@H](C)[C@H]1CC[C@H]2[C@@H]3CC[C@H]4CC(NCCCC(=O)O)CC[C@]4(C)[C@H]3CC[C@]12C. The molecule has 0 aliphatic heterocycles. The van der Waals surface area contributed by atoms with Gasteiger partial charge in [0.15, 0.2) is 0 Å². The average Bonchev–Trinajstić information content (AvgIpc) is 3.13. The Bertz CT molecular complexity index is 691. The maximum Gasteiger partial charge on any atom is 0.303 e. The van der Waals surface area contributed by atoms with E-state index in [1.165, 1.54) is 77.0 Å². The van der Waals surface area contributed by atoms with Crippen LogP contribution in [0.15, 0.2) is 0 Å². The van der Waals surface area contributed by atoms with Gasteiger partial charge in [0.1, 0.15) is 0 Å². The van der Waals surface area contributed by atoms with Crippen molar-refractivity contribution < 1.29 is 9.90 Å². The van der Waals surface area contributed by atoms with E-state index in [9.17, 15) is 4.79 Å². The fourth-order valence-electron chi connectivity index (χ4n) is 10.0. The van der Waals surface area contributed by atoms with Crippen molar-refractivity contribution in [1.82, 2.24) is 5.32 Å². The van der Waals surface area contributed by atoms with Crippen LogP contribution in [0.25, 0.3) is 0 Å². The summed E-state index contributed by atoms with van der Waals surface area (Å²) in [4.78, 5) is 10.8. The van der Waals surface area contributed by atoms with Crippen molar-refractivity contribution in [3.63, 3.8) is 0 Å². The Kier molecular flexibility index (Phi) is 8.43. The van der Waals surface area contributed by atoms with Gasteiger partial charge in [0, 0.05) is 12.5 Å². The normalized spacial score (nSPS) is 42.6. The molecule has 4 aliphatic rings. The Morgan fingerprint density at radius 1 is 0.912 bits per heavy atom. The molecular formula is C31H55NO2. The van der Waals surface area contributed by atoms with Gasteiger partial charge < -0.3 is 10.4 Å². The molecule has 4 rings (SSSR count). The van der Waals surface area contributed by atoms with E-state index in [1.54, 1.807) is 0 Å². The van der Waals surface area contributed by atoms with Crippen molar-refractivity contribution in [2.45, 2.75) is 131 Å². The van der Waals surface area contributed by atoms with Crippen LogP contribution in [0, 0.1) is 52.3 Å². The van der Waals surface area contributed by atoms with Gasteiger partial charge in [-0.3, -0.25) is 4.79 Å². The molecule has 0 saturated heterocycles. The maximum atomic E-state index is 10.8. The summed E-state index contributed by atoms with van der Waals surface area (Å²) in [6.07, 6.45) is 18.2. The van der Waals surface area contributed by atoms with Gasteiger partial charge in [0.05, 0.1) is 0 Å². The van der Waals surface area contributed by atoms with Gasteiger partial charge in [-0.25, -0.2) is 0 Å². The van der Waals surface area contributed by atoms with E-state index >= 15 is 0 Å². The van der Waals surface area contributed by atoms with Crippen molar-refractivity contribution in [2.75, 3.05) is 6.54 Å². The molecule has 0 bridgehead atoms. The highest BCUT2D eigenvalue weighted by Crippen LogP contribution is 2.68. The Labute approximate surface area is 210 Å². The van der Waals surface area contributed by atoms with Crippen molar-refractivity contribution >= 4 is 5.97 Å². The molecule has 196 valence electrons. The van der Waals surface area contributed by atoms with Crippen LogP contribution < -0.4 is 5.32 Å². The minimum Gasteiger partial charge on any atom is -0.481 e. The maximum absolute atomic E-state index is 10.8. The van der Waals surface area contributed by atoms with E-state index in [0.29, 0.717) is 23.3 Å². The quantitative estimate of drug-likeness (QED) is 0.317. The Morgan fingerprint density at radius 3 is 2.38 bits per heavy atom. The molecule has 0 spiro atoms. The Balaban J connectivity index is 1.35. The molecule has 0 radical (unpaired) electrons. The fraction of sp³-hybridized carbons (Fsp3) is 0.968. The van der Waals surface area contributed by atoms with E-state index in [2.05, 4.69) is 39.9 Å². The average molecular weight is 474 g/mol. The van der Waals surface area contributed by atoms with E-state index < -0.39 is 5.97 Å². The summed E-state index contributed by atoms with van der Waals surface area (Å²) in [7, 11) is 0. The number of hydrogen-bond acceptors (Lipinski definition) is 2. The van der Waals surface area contributed by atoms with Crippen LogP contribution in [-0.2, 0) is 4.79 Å². The lowest BCUT2D eigenvalue weighted by Crippen LogP contribution is -2.55. The van der Waals surface area contributed by atoms with E-state index in [0.717, 1.165) is 54.4 Å². The van der Waals surface area contributed by atoms with Crippen molar-refractivity contribution in [2.24, 2.45) is 52.3 Å². The summed E-state index contributed by atoms with van der Waals surface area (Å²) >= 11 is 0. The molecule has 0 amide bonds. The zero-order valence-corrected chi connectivity index (χ0v) is 23.1. The second-order valence-corrected chi connectivity index (χ2v) is 14.1. The molecule has 4 aliphatic carbocycles. The zero-order valence-electron chi connectivity index (χ0n) is 23.1. The second-order valence-electron chi connectivity index (χ2n) is 14.1. The predicted molar refractivity (Wildman–Crippen MR) is 142 cm³/mol. The monoisotopic (exact) mass is 473 g/mol.